The molecule has 0 saturated carbocycles. The molecule has 0 bridgehead atoms. The minimum atomic E-state index is -3.59. The van der Waals surface area contributed by atoms with Gasteiger partial charge >= 0.3 is 0 Å². The van der Waals surface area contributed by atoms with Crippen molar-refractivity contribution in [3.8, 4) is 0 Å². The minimum Gasteiger partial charge on any atom is -0.349 e. The fraction of sp³-hybridized carbons (Fsp3) is 0.364. The third-order valence-corrected chi connectivity index (χ3v) is 4.72. The highest BCUT2D eigenvalue weighted by Gasteiger charge is 2.18. The van der Waals surface area contributed by atoms with E-state index in [2.05, 4.69) is 9.71 Å². The van der Waals surface area contributed by atoms with Gasteiger partial charge in [0.05, 0.1) is 0 Å². The third kappa shape index (κ3) is 3.14. The van der Waals surface area contributed by atoms with E-state index in [0.717, 1.165) is 18.7 Å². The molecule has 2 aromatic rings. The van der Waals surface area contributed by atoms with Crippen LogP contribution in [0.4, 0.5) is 5.13 Å². The molecule has 0 radical (unpaired) electrons. The predicted octanol–water partition coefficient (Wildman–Crippen LogP) is 1.61. The van der Waals surface area contributed by atoms with Crippen LogP contribution in [0.25, 0.3) is 0 Å². The average Bonchev–Trinajstić information content (AvgIpc) is 2.98. The topological polar surface area (TPSA) is 90.0 Å². The van der Waals surface area contributed by atoms with Crippen LogP contribution >= 0.6 is 11.3 Å². The van der Waals surface area contributed by atoms with Crippen molar-refractivity contribution in [2.45, 2.75) is 31.3 Å². The van der Waals surface area contributed by atoms with Crippen molar-refractivity contribution in [3.05, 3.63) is 29.5 Å². The fourth-order valence-electron chi connectivity index (χ4n) is 1.74. The van der Waals surface area contributed by atoms with Gasteiger partial charge in [0.2, 0.25) is 0 Å². The monoisotopic (exact) mass is 300 g/mol. The molecule has 0 aliphatic heterocycles. The van der Waals surface area contributed by atoms with Gasteiger partial charge < -0.3 is 10.3 Å². The third-order valence-electron chi connectivity index (χ3n) is 2.60. The maximum absolute atomic E-state index is 12.2. The second kappa shape index (κ2) is 5.72. The first-order valence-electron chi connectivity index (χ1n) is 5.88. The molecule has 6 nitrogen and oxygen atoms in total. The van der Waals surface area contributed by atoms with Gasteiger partial charge in [0.25, 0.3) is 10.0 Å². The number of aromatic nitrogens is 2. The Morgan fingerprint density at radius 3 is 2.89 bits per heavy atom. The molecule has 0 spiro atoms. The number of hydrogen-bond acceptors (Lipinski definition) is 5. The number of nitrogens with zero attached hydrogens (tertiary/aromatic N) is 2. The number of nitrogens with two attached hydrogens (primary N) is 1. The Hall–Kier alpha value is -1.38. The van der Waals surface area contributed by atoms with Gasteiger partial charge in [-0.3, -0.25) is 4.72 Å². The van der Waals surface area contributed by atoms with E-state index >= 15 is 0 Å². The largest absolute Gasteiger partial charge is 0.349 e. The maximum atomic E-state index is 12.2. The van der Waals surface area contributed by atoms with Crippen molar-refractivity contribution in [2.75, 3.05) is 4.72 Å². The van der Waals surface area contributed by atoms with Gasteiger partial charge in [0, 0.05) is 36.6 Å². The van der Waals surface area contributed by atoms with E-state index in [9.17, 15) is 8.42 Å². The lowest BCUT2D eigenvalue weighted by Crippen LogP contribution is -2.12. The van der Waals surface area contributed by atoms with Gasteiger partial charge in [0.15, 0.2) is 5.13 Å². The summed E-state index contributed by atoms with van der Waals surface area (Å²) in [5.74, 6) is 0. The zero-order valence-electron chi connectivity index (χ0n) is 10.5. The van der Waals surface area contributed by atoms with E-state index < -0.39 is 10.0 Å². The van der Waals surface area contributed by atoms with E-state index in [1.165, 1.54) is 11.3 Å². The summed E-state index contributed by atoms with van der Waals surface area (Å²) in [5.41, 5.74) is 6.43. The molecule has 0 aliphatic carbocycles. The molecule has 2 aromatic heterocycles. The molecule has 19 heavy (non-hydrogen) atoms. The summed E-state index contributed by atoms with van der Waals surface area (Å²) >= 11 is 1.24. The summed E-state index contributed by atoms with van der Waals surface area (Å²) in [6.45, 7) is 3.09. The SMILES string of the molecule is CCCn1cc(S(=O)(=O)Nc2nccs2)cc1CN. The van der Waals surface area contributed by atoms with Crippen molar-refractivity contribution in [1.29, 1.82) is 0 Å². The Bertz CT molecular complexity index is 632. The van der Waals surface area contributed by atoms with Crippen LogP contribution < -0.4 is 10.5 Å². The fourth-order valence-corrected chi connectivity index (χ4v) is 3.59. The Balaban J connectivity index is 2.30. The highest BCUT2D eigenvalue weighted by Crippen LogP contribution is 2.20. The molecule has 2 heterocycles. The number of rotatable bonds is 6. The zero-order chi connectivity index (χ0) is 13.9. The average molecular weight is 300 g/mol. The maximum Gasteiger partial charge on any atom is 0.265 e. The molecule has 0 saturated heterocycles. The van der Waals surface area contributed by atoms with E-state index in [4.69, 9.17) is 5.73 Å². The number of hydrogen-bond donors (Lipinski definition) is 2. The van der Waals surface area contributed by atoms with Gasteiger partial charge in [-0.05, 0) is 12.5 Å². The summed E-state index contributed by atoms with van der Waals surface area (Å²) in [6.07, 6.45) is 4.08. The summed E-state index contributed by atoms with van der Waals surface area (Å²) in [4.78, 5) is 4.13. The summed E-state index contributed by atoms with van der Waals surface area (Å²) in [5, 5.41) is 2.07. The molecule has 0 fully saturated rings. The van der Waals surface area contributed by atoms with Gasteiger partial charge in [-0.2, -0.15) is 0 Å². The predicted molar refractivity (Wildman–Crippen MR) is 75.5 cm³/mol. The van der Waals surface area contributed by atoms with Crippen LogP contribution in [0.5, 0.6) is 0 Å². The van der Waals surface area contributed by atoms with E-state index in [1.807, 2.05) is 11.5 Å². The first kappa shape index (κ1) is 14.0. The molecule has 2 rings (SSSR count). The molecule has 3 N–H and O–H groups in total. The molecule has 0 unspecified atom stereocenters. The summed E-state index contributed by atoms with van der Waals surface area (Å²) in [7, 11) is -3.59. The Labute approximate surface area is 116 Å². The van der Waals surface area contributed by atoms with Crippen LogP contribution in [0.3, 0.4) is 0 Å². The lowest BCUT2D eigenvalue weighted by Gasteiger charge is -2.04. The van der Waals surface area contributed by atoms with Crippen molar-refractivity contribution in [3.63, 3.8) is 0 Å². The van der Waals surface area contributed by atoms with Crippen molar-refractivity contribution in [1.82, 2.24) is 9.55 Å². The quantitative estimate of drug-likeness (QED) is 0.848. The molecule has 0 amide bonds. The van der Waals surface area contributed by atoms with Gasteiger partial charge in [-0.25, -0.2) is 13.4 Å². The number of nitrogens with one attached hydrogen (secondary N) is 1. The standard InChI is InChI=1S/C11H16N4O2S2/c1-2-4-15-8-10(6-9(15)7-12)19(16,17)14-11-13-3-5-18-11/h3,5-6,8H,2,4,7,12H2,1H3,(H,13,14). The first-order valence-corrected chi connectivity index (χ1v) is 8.24. The Morgan fingerprint density at radius 2 is 2.32 bits per heavy atom. The van der Waals surface area contributed by atoms with Crippen molar-refractivity contribution < 1.29 is 8.42 Å². The molecule has 8 heteroatoms. The lowest BCUT2D eigenvalue weighted by molar-refractivity contribution is 0.600. The second-order valence-electron chi connectivity index (χ2n) is 4.01. The number of anilines is 1. The first-order chi connectivity index (χ1) is 9.06. The highest BCUT2D eigenvalue weighted by molar-refractivity contribution is 7.93. The second-order valence-corrected chi connectivity index (χ2v) is 6.58. The molecule has 0 aliphatic rings. The Kier molecular flexibility index (Phi) is 4.23. The molecule has 0 aromatic carbocycles. The smallest absolute Gasteiger partial charge is 0.265 e. The number of sulfonamides is 1. The number of aryl methyl sites for hydroxylation is 1. The van der Waals surface area contributed by atoms with Crippen LogP contribution in [0, 0.1) is 0 Å². The van der Waals surface area contributed by atoms with Crippen LogP contribution in [0.1, 0.15) is 19.0 Å². The zero-order valence-corrected chi connectivity index (χ0v) is 12.2. The normalized spacial score (nSPS) is 11.7. The summed E-state index contributed by atoms with van der Waals surface area (Å²) in [6, 6.07) is 1.60. The van der Waals surface area contributed by atoms with Gasteiger partial charge in [-0.15, -0.1) is 11.3 Å². The molecular weight excluding hydrogens is 284 g/mol. The summed E-state index contributed by atoms with van der Waals surface area (Å²) < 4.78 is 28.7. The van der Waals surface area contributed by atoms with E-state index in [1.54, 1.807) is 23.8 Å². The van der Waals surface area contributed by atoms with Crippen molar-refractivity contribution in [2.24, 2.45) is 5.73 Å². The van der Waals surface area contributed by atoms with Gasteiger partial charge in [-0.1, -0.05) is 6.92 Å². The number of thiazole rings is 1. The highest BCUT2D eigenvalue weighted by atomic mass is 32.2. The van der Waals surface area contributed by atoms with Crippen molar-refractivity contribution >= 4 is 26.5 Å². The minimum absolute atomic E-state index is 0.219. The van der Waals surface area contributed by atoms with Crippen LogP contribution in [0.15, 0.2) is 28.7 Å². The van der Waals surface area contributed by atoms with E-state index in [0.29, 0.717) is 11.7 Å². The molecule has 0 atom stereocenters. The van der Waals surface area contributed by atoms with Crippen LogP contribution in [-0.2, 0) is 23.1 Å². The van der Waals surface area contributed by atoms with Crippen LogP contribution in [-0.4, -0.2) is 18.0 Å². The van der Waals surface area contributed by atoms with Gasteiger partial charge in [0.1, 0.15) is 4.90 Å². The van der Waals surface area contributed by atoms with Crippen LogP contribution in [0.2, 0.25) is 0 Å². The molecular formula is C11H16N4O2S2. The lowest BCUT2D eigenvalue weighted by atomic mass is 10.4. The van der Waals surface area contributed by atoms with E-state index in [-0.39, 0.29) is 4.90 Å². The Morgan fingerprint density at radius 1 is 1.53 bits per heavy atom. The molecule has 104 valence electrons.